The van der Waals surface area contributed by atoms with E-state index < -0.39 is 0 Å². The number of hydrogen-bond donors (Lipinski definition) is 1. The molecule has 110 valence electrons. The molecule has 21 heavy (non-hydrogen) atoms. The van der Waals surface area contributed by atoms with E-state index in [9.17, 15) is 10.1 Å². The van der Waals surface area contributed by atoms with Gasteiger partial charge in [0.05, 0.1) is 4.92 Å². The van der Waals surface area contributed by atoms with Crippen molar-refractivity contribution in [3.63, 3.8) is 0 Å². The first-order chi connectivity index (χ1) is 10.1. The summed E-state index contributed by atoms with van der Waals surface area (Å²) in [6.45, 7) is 3.38. The minimum atomic E-state index is -0.377. The molecule has 0 radical (unpaired) electrons. The molecule has 2 rings (SSSR count). The Kier molecular flexibility index (Phi) is 5.31. The van der Waals surface area contributed by atoms with Crippen LogP contribution in [-0.4, -0.2) is 11.5 Å². The van der Waals surface area contributed by atoms with Gasteiger partial charge < -0.3 is 5.32 Å². The minimum absolute atomic E-state index is 0.125. The molecule has 0 heterocycles. The third kappa shape index (κ3) is 4.55. The summed E-state index contributed by atoms with van der Waals surface area (Å²) in [6, 6.07) is 12.7. The largest absolute Gasteiger partial charge is 0.312 e. The topological polar surface area (TPSA) is 55.2 Å². The Morgan fingerprint density at radius 2 is 2.00 bits per heavy atom. The zero-order valence-corrected chi connectivity index (χ0v) is 12.6. The van der Waals surface area contributed by atoms with Gasteiger partial charge in [-0.1, -0.05) is 35.9 Å². The summed E-state index contributed by atoms with van der Waals surface area (Å²) in [7, 11) is 0. The SMILES string of the molecule is Cc1ccc(CCNCc2cccc([N+](=O)[O-])c2)cc1Cl. The van der Waals surface area contributed by atoms with Crippen molar-refractivity contribution in [3.05, 3.63) is 74.3 Å². The molecule has 0 fully saturated rings. The smallest absolute Gasteiger partial charge is 0.269 e. The van der Waals surface area contributed by atoms with Gasteiger partial charge in [0.15, 0.2) is 0 Å². The van der Waals surface area contributed by atoms with Crippen LogP contribution in [0.4, 0.5) is 5.69 Å². The van der Waals surface area contributed by atoms with Crippen LogP contribution in [0.15, 0.2) is 42.5 Å². The molecule has 0 aromatic heterocycles. The van der Waals surface area contributed by atoms with Crippen molar-refractivity contribution >= 4 is 17.3 Å². The van der Waals surface area contributed by atoms with E-state index in [4.69, 9.17) is 11.6 Å². The van der Waals surface area contributed by atoms with Crippen LogP contribution in [0.3, 0.4) is 0 Å². The molecule has 0 saturated heterocycles. The van der Waals surface area contributed by atoms with E-state index in [2.05, 4.69) is 11.4 Å². The number of nitrogens with zero attached hydrogens (tertiary/aromatic N) is 1. The predicted octanol–water partition coefficient (Wildman–Crippen LogP) is 3.89. The number of halogens is 1. The Labute approximate surface area is 128 Å². The van der Waals surface area contributed by atoms with E-state index in [-0.39, 0.29) is 10.6 Å². The molecule has 2 aromatic rings. The normalized spacial score (nSPS) is 10.6. The van der Waals surface area contributed by atoms with Gasteiger partial charge in [-0.05, 0) is 42.6 Å². The van der Waals surface area contributed by atoms with Crippen LogP contribution in [-0.2, 0) is 13.0 Å². The highest BCUT2D eigenvalue weighted by molar-refractivity contribution is 6.31. The fourth-order valence-electron chi connectivity index (χ4n) is 2.04. The van der Waals surface area contributed by atoms with E-state index >= 15 is 0 Å². The molecule has 4 nitrogen and oxygen atoms in total. The number of aryl methyl sites for hydroxylation is 1. The summed E-state index contributed by atoms with van der Waals surface area (Å²) in [6.07, 6.45) is 0.870. The molecule has 1 N–H and O–H groups in total. The number of nitrogens with one attached hydrogen (secondary N) is 1. The molecule has 0 aliphatic carbocycles. The second kappa shape index (κ2) is 7.20. The number of rotatable bonds is 6. The van der Waals surface area contributed by atoms with Crippen LogP contribution in [0, 0.1) is 17.0 Å². The summed E-state index contributed by atoms with van der Waals surface area (Å²) in [5.74, 6) is 0. The third-order valence-electron chi connectivity index (χ3n) is 3.28. The standard InChI is InChI=1S/C16H17ClN2O2/c1-12-5-6-13(10-16(12)17)7-8-18-11-14-3-2-4-15(9-14)19(20)21/h2-6,9-10,18H,7-8,11H2,1H3. The third-order valence-corrected chi connectivity index (χ3v) is 3.68. The zero-order chi connectivity index (χ0) is 15.2. The van der Waals surface area contributed by atoms with Gasteiger partial charge in [-0.15, -0.1) is 0 Å². The van der Waals surface area contributed by atoms with Crippen LogP contribution in [0.5, 0.6) is 0 Å². The van der Waals surface area contributed by atoms with Crippen LogP contribution in [0.1, 0.15) is 16.7 Å². The molecule has 0 unspecified atom stereocenters. The first kappa shape index (κ1) is 15.5. The Bertz CT molecular complexity index is 644. The van der Waals surface area contributed by atoms with Gasteiger partial charge in [-0.3, -0.25) is 10.1 Å². The number of hydrogen-bond acceptors (Lipinski definition) is 3. The molecule has 0 aliphatic rings. The second-order valence-electron chi connectivity index (χ2n) is 4.94. The van der Waals surface area contributed by atoms with Gasteiger partial charge in [0.2, 0.25) is 0 Å². The minimum Gasteiger partial charge on any atom is -0.312 e. The number of benzene rings is 2. The Morgan fingerprint density at radius 1 is 1.19 bits per heavy atom. The highest BCUT2D eigenvalue weighted by Gasteiger charge is 2.05. The first-order valence-electron chi connectivity index (χ1n) is 6.75. The predicted molar refractivity (Wildman–Crippen MR) is 84.7 cm³/mol. The summed E-state index contributed by atoms with van der Waals surface area (Å²) in [5.41, 5.74) is 3.29. The lowest BCUT2D eigenvalue weighted by Crippen LogP contribution is -2.16. The molecule has 0 atom stereocenters. The van der Waals surface area contributed by atoms with Crippen molar-refractivity contribution in [2.24, 2.45) is 0 Å². The Morgan fingerprint density at radius 3 is 2.71 bits per heavy atom. The number of non-ortho nitro benzene ring substituents is 1. The molecular formula is C16H17ClN2O2. The molecule has 5 heteroatoms. The fourth-order valence-corrected chi connectivity index (χ4v) is 2.24. The average molecular weight is 305 g/mol. The van der Waals surface area contributed by atoms with Crippen LogP contribution in [0.25, 0.3) is 0 Å². The van der Waals surface area contributed by atoms with Crippen LogP contribution in [0.2, 0.25) is 5.02 Å². The summed E-state index contributed by atoms with van der Waals surface area (Å²) >= 11 is 6.09. The van der Waals surface area contributed by atoms with Gasteiger partial charge >= 0.3 is 0 Å². The highest BCUT2D eigenvalue weighted by Crippen LogP contribution is 2.17. The lowest BCUT2D eigenvalue weighted by atomic mass is 10.1. The maximum Gasteiger partial charge on any atom is 0.269 e. The van der Waals surface area contributed by atoms with Gasteiger partial charge in [-0.25, -0.2) is 0 Å². The molecular weight excluding hydrogens is 288 g/mol. The lowest BCUT2D eigenvalue weighted by Gasteiger charge is -2.06. The Hall–Kier alpha value is -1.91. The van der Waals surface area contributed by atoms with E-state index in [0.717, 1.165) is 29.1 Å². The van der Waals surface area contributed by atoms with E-state index in [0.29, 0.717) is 6.54 Å². The van der Waals surface area contributed by atoms with Gasteiger partial charge in [0.1, 0.15) is 0 Å². The van der Waals surface area contributed by atoms with Gasteiger partial charge in [0.25, 0.3) is 5.69 Å². The molecule has 0 bridgehead atoms. The van der Waals surface area contributed by atoms with Crippen molar-refractivity contribution in [1.82, 2.24) is 5.32 Å². The maximum atomic E-state index is 10.7. The van der Waals surface area contributed by atoms with Crippen molar-refractivity contribution in [1.29, 1.82) is 0 Å². The van der Waals surface area contributed by atoms with Crippen LogP contribution < -0.4 is 5.32 Å². The zero-order valence-electron chi connectivity index (χ0n) is 11.8. The maximum absolute atomic E-state index is 10.7. The number of nitro groups is 1. The molecule has 0 aliphatic heterocycles. The lowest BCUT2D eigenvalue weighted by molar-refractivity contribution is -0.384. The first-order valence-corrected chi connectivity index (χ1v) is 7.13. The summed E-state index contributed by atoms with van der Waals surface area (Å²) < 4.78 is 0. The van der Waals surface area contributed by atoms with E-state index in [1.165, 1.54) is 11.6 Å². The van der Waals surface area contributed by atoms with Crippen LogP contribution >= 0.6 is 11.6 Å². The average Bonchev–Trinajstić information content (AvgIpc) is 2.47. The monoisotopic (exact) mass is 304 g/mol. The van der Waals surface area contributed by atoms with Crippen molar-refractivity contribution in [2.75, 3.05) is 6.54 Å². The van der Waals surface area contributed by atoms with Crippen molar-refractivity contribution < 1.29 is 4.92 Å². The summed E-state index contributed by atoms with van der Waals surface area (Å²) in [4.78, 5) is 10.3. The van der Waals surface area contributed by atoms with E-state index in [1.54, 1.807) is 12.1 Å². The van der Waals surface area contributed by atoms with Gasteiger partial charge in [0, 0.05) is 23.7 Å². The molecule has 2 aromatic carbocycles. The van der Waals surface area contributed by atoms with Crippen molar-refractivity contribution in [2.45, 2.75) is 19.9 Å². The quantitative estimate of drug-likeness (QED) is 0.500. The Balaban J connectivity index is 1.83. The second-order valence-corrected chi connectivity index (χ2v) is 5.34. The molecule has 0 amide bonds. The molecule has 0 spiro atoms. The van der Waals surface area contributed by atoms with E-state index in [1.807, 2.05) is 25.1 Å². The molecule has 0 saturated carbocycles. The summed E-state index contributed by atoms with van der Waals surface area (Å²) in [5, 5.41) is 14.8. The number of nitro benzene ring substituents is 1. The highest BCUT2D eigenvalue weighted by atomic mass is 35.5. The van der Waals surface area contributed by atoms with Crippen molar-refractivity contribution in [3.8, 4) is 0 Å². The van der Waals surface area contributed by atoms with Gasteiger partial charge in [-0.2, -0.15) is 0 Å². The fraction of sp³-hybridized carbons (Fsp3) is 0.250.